The normalized spacial score (nSPS) is 12.7. The molecule has 128 valence electrons. The molecule has 0 aliphatic heterocycles. The Labute approximate surface area is 151 Å². The second-order valence-electron chi connectivity index (χ2n) is 6.39. The SMILES string of the molecule is CCC(O)CC[P+](c1ccccc1)(c1ccccc1)c1ccccc1. The monoisotopic (exact) mass is 349 g/mol. The fraction of sp³-hybridized carbons (Fsp3) is 0.217. The maximum atomic E-state index is 10.3. The topological polar surface area (TPSA) is 20.2 Å². The molecule has 0 aromatic heterocycles. The quantitative estimate of drug-likeness (QED) is 0.636. The van der Waals surface area contributed by atoms with Crippen LogP contribution in [-0.4, -0.2) is 17.4 Å². The van der Waals surface area contributed by atoms with Crippen LogP contribution in [0.2, 0.25) is 0 Å². The van der Waals surface area contributed by atoms with Crippen molar-refractivity contribution in [1.29, 1.82) is 0 Å². The van der Waals surface area contributed by atoms with Gasteiger partial charge in [-0.2, -0.15) is 0 Å². The van der Waals surface area contributed by atoms with Gasteiger partial charge in [-0.3, -0.25) is 0 Å². The predicted molar refractivity (Wildman–Crippen MR) is 111 cm³/mol. The number of hydrogen-bond acceptors (Lipinski definition) is 1. The number of benzene rings is 3. The molecule has 0 aliphatic carbocycles. The van der Waals surface area contributed by atoms with Gasteiger partial charge in [-0.05, 0) is 42.8 Å². The molecule has 25 heavy (non-hydrogen) atoms. The lowest BCUT2D eigenvalue weighted by Gasteiger charge is -2.28. The molecule has 0 fully saturated rings. The molecule has 1 unspecified atom stereocenters. The Morgan fingerprint density at radius 1 is 0.680 bits per heavy atom. The molecule has 1 atom stereocenters. The van der Waals surface area contributed by atoms with Gasteiger partial charge < -0.3 is 5.11 Å². The first-order chi connectivity index (χ1) is 12.3. The van der Waals surface area contributed by atoms with E-state index in [1.807, 2.05) is 0 Å². The minimum Gasteiger partial charge on any atom is -0.393 e. The second-order valence-corrected chi connectivity index (χ2v) is 10.0. The van der Waals surface area contributed by atoms with Gasteiger partial charge in [-0.1, -0.05) is 61.5 Å². The summed E-state index contributed by atoms with van der Waals surface area (Å²) in [6.45, 7) is 2.05. The Morgan fingerprint density at radius 2 is 1.04 bits per heavy atom. The van der Waals surface area contributed by atoms with E-state index >= 15 is 0 Å². The van der Waals surface area contributed by atoms with Gasteiger partial charge >= 0.3 is 0 Å². The molecule has 2 heteroatoms. The lowest BCUT2D eigenvalue weighted by Crippen LogP contribution is -2.34. The third kappa shape index (κ3) is 3.84. The number of rotatable bonds is 7. The average molecular weight is 349 g/mol. The van der Waals surface area contributed by atoms with Crippen molar-refractivity contribution in [3.8, 4) is 0 Å². The van der Waals surface area contributed by atoms with Crippen molar-refractivity contribution in [3.63, 3.8) is 0 Å². The smallest absolute Gasteiger partial charge is 0.112 e. The summed E-state index contributed by atoms with van der Waals surface area (Å²) in [5.41, 5.74) is 0. The first-order valence-corrected chi connectivity index (χ1v) is 11.0. The molecular formula is C23H26OP+. The largest absolute Gasteiger partial charge is 0.393 e. The summed E-state index contributed by atoms with van der Waals surface area (Å²) >= 11 is 0. The Morgan fingerprint density at radius 3 is 1.36 bits per heavy atom. The third-order valence-electron chi connectivity index (χ3n) is 4.86. The Bertz CT molecular complexity index is 659. The number of aliphatic hydroxyl groups is 1. The van der Waals surface area contributed by atoms with E-state index in [4.69, 9.17) is 0 Å². The van der Waals surface area contributed by atoms with Crippen molar-refractivity contribution >= 4 is 23.2 Å². The van der Waals surface area contributed by atoms with Crippen LogP contribution in [0.25, 0.3) is 0 Å². The standard InChI is InChI=1S/C23H26OP/c1-2-20(24)18-19-25(21-12-6-3-7-13-21,22-14-8-4-9-15-22)23-16-10-5-11-17-23/h3-17,20,24H,2,18-19H2,1H3/q+1. The Hall–Kier alpha value is -1.95. The fourth-order valence-corrected chi connectivity index (χ4v) is 7.83. The highest BCUT2D eigenvalue weighted by Crippen LogP contribution is 2.55. The van der Waals surface area contributed by atoms with Gasteiger partial charge in [0.15, 0.2) is 0 Å². The van der Waals surface area contributed by atoms with Crippen LogP contribution in [0.5, 0.6) is 0 Å². The highest BCUT2D eigenvalue weighted by atomic mass is 31.2. The molecule has 0 aliphatic rings. The molecule has 0 radical (unpaired) electrons. The summed E-state index contributed by atoms with van der Waals surface area (Å²) in [5.74, 6) is 0. The van der Waals surface area contributed by atoms with E-state index in [1.165, 1.54) is 15.9 Å². The van der Waals surface area contributed by atoms with Crippen LogP contribution in [-0.2, 0) is 0 Å². The number of hydrogen-bond donors (Lipinski definition) is 1. The molecule has 0 heterocycles. The van der Waals surface area contributed by atoms with Crippen LogP contribution in [0.15, 0.2) is 91.0 Å². The van der Waals surface area contributed by atoms with Gasteiger partial charge in [0, 0.05) is 6.42 Å². The van der Waals surface area contributed by atoms with Gasteiger partial charge in [0.05, 0.1) is 12.3 Å². The van der Waals surface area contributed by atoms with Crippen LogP contribution in [0.3, 0.4) is 0 Å². The zero-order chi connectivity index (χ0) is 17.5. The molecule has 0 saturated heterocycles. The summed E-state index contributed by atoms with van der Waals surface area (Å²) in [6.07, 6.45) is 2.37. The maximum absolute atomic E-state index is 10.3. The first kappa shape index (κ1) is 17.9. The zero-order valence-corrected chi connectivity index (χ0v) is 15.6. The highest BCUT2D eigenvalue weighted by Gasteiger charge is 2.44. The molecule has 0 amide bonds. The van der Waals surface area contributed by atoms with E-state index in [2.05, 4.69) is 97.9 Å². The third-order valence-corrected chi connectivity index (χ3v) is 9.33. The first-order valence-electron chi connectivity index (χ1n) is 9.00. The van der Waals surface area contributed by atoms with E-state index < -0.39 is 7.26 Å². The average Bonchev–Trinajstić information content (AvgIpc) is 2.71. The van der Waals surface area contributed by atoms with E-state index in [9.17, 15) is 5.11 Å². The molecule has 3 aromatic rings. The van der Waals surface area contributed by atoms with Crippen LogP contribution >= 0.6 is 7.26 Å². The van der Waals surface area contributed by atoms with Gasteiger partial charge in [0.1, 0.15) is 23.2 Å². The van der Waals surface area contributed by atoms with Gasteiger partial charge in [-0.25, -0.2) is 0 Å². The molecular weight excluding hydrogens is 323 g/mol. The molecule has 0 saturated carbocycles. The minimum absolute atomic E-state index is 0.240. The van der Waals surface area contributed by atoms with Crippen molar-refractivity contribution in [3.05, 3.63) is 91.0 Å². The van der Waals surface area contributed by atoms with Crippen LogP contribution < -0.4 is 15.9 Å². The van der Waals surface area contributed by atoms with Crippen LogP contribution in [0, 0.1) is 0 Å². The molecule has 0 bridgehead atoms. The Balaban J connectivity index is 2.20. The molecule has 3 rings (SSSR count). The van der Waals surface area contributed by atoms with E-state index in [-0.39, 0.29) is 6.10 Å². The van der Waals surface area contributed by atoms with Crippen molar-refractivity contribution in [1.82, 2.24) is 0 Å². The lowest BCUT2D eigenvalue weighted by molar-refractivity contribution is 0.167. The lowest BCUT2D eigenvalue weighted by atomic mass is 10.2. The van der Waals surface area contributed by atoms with Crippen molar-refractivity contribution in [2.45, 2.75) is 25.9 Å². The van der Waals surface area contributed by atoms with Crippen LogP contribution in [0.1, 0.15) is 19.8 Å². The molecule has 3 aromatic carbocycles. The highest BCUT2D eigenvalue weighted by molar-refractivity contribution is 7.95. The summed E-state index contributed by atoms with van der Waals surface area (Å²) in [6, 6.07) is 32.6. The van der Waals surface area contributed by atoms with Crippen molar-refractivity contribution < 1.29 is 5.11 Å². The summed E-state index contributed by atoms with van der Waals surface area (Å²) in [7, 11) is -1.78. The minimum atomic E-state index is -1.78. The molecule has 1 nitrogen and oxygen atoms in total. The van der Waals surface area contributed by atoms with E-state index in [0.29, 0.717) is 0 Å². The van der Waals surface area contributed by atoms with Gasteiger partial charge in [0.2, 0.25) is 0 Å². The van der Waals surface area contributed by atoms with Crippen LogP contribution in [0.4, 0.5) is 0 Å². The second kappa shape index (κ2) is 8.43. The fourth-order valence-electron chi connectivity index (χ4n) is 3.43. The maximum Gasteiger partial charge on any atom is 0.112 e. The number of aliphatic hydroxyl groups excluding tert-OH is 1. The molecule has 1 N–H and O–H groups in total. The van der Waals surface area contributed by atoms with Crippen molar-refractivity contribution in [2.75, 3.05) is 6.16 Å². The summed E-state index contributed by atoms with van der Waals surface area (Å²) in [4.78, 5) is 0. The Kier molecular flexibility index (Phi) is 6.02. The van der Waals surface area contributed by atoms with E-state index in [1.54, 1.807) is 0 Å². The predicted octanol–water partition coefficient (Wildman–Crippen LogP) is 4.14. The summed E-state index contributed by atoms with van der Waals surface area (Å²) in [5, 5.41) is 14.4. The van der Waals surface area contributed by atoms with Gasteiger partial charge in [-0.15, -0.1) is 0 Å². The summed E-state index contributed by atoms with van der Waals surface area (Å²) < 4.78 is 0. The van der Waals surface area contributed by atoms with Crippen molar-refractivity contribution in [2.24, 2.45) is 0 Å². The van der Waals surface area contributed by atoms with E-state index in [0.717, 1.165) is 19.0 Å². The zero-order valence-electron chi connectivity index (χ0n) is 14.8. The van der Waals surface area contributed by atoms with Gasteiger partial charge in [0.25, 0.3) is 0 Å². The molecule has 0 spiro atoms.